The molecule has 5 heteroatoms. The molecule has 4 nitrogen and oxygen atoms in total. The van der Waals surface area contributed by atoms with E-state index in [0.717, 1.165) is 37.6 Å². The molecule has 0 aliphatic carbocycles. The van der Waals surface area contributed by atoms with Gasteiger partial charge in [-0.15, -0.1) is 11.3 Å². The lowest BCUT2D eigenvalue weighted by Gasteiger charge is -2.28. The predicted molar refractivity (Wildman–Crippen MR) is 89.8 cm³/mol. The standard InChI is InChI=1S/C17H20N2O2S/c20-17(16-2-1-13-22-16)18-8-7-14-3-5-15(6-4-14)19-9-11-21-12-10-19/h1-6,13H,7-12H2,(H,18,20). The average Bonchev–Trinajstić information content (AvgIpc) is 3.11. The van der Waals surface area contributed by atoms with Crippen LogP contribution in [-0.2, 0) is 11.2 Å². The molecule has 1 saturated heterocycles. The number of hydrogen-bond acceptors (Lipinski definition) is 4. The summed E-state index contributed by atoms with van der Waals surface area (Å²) in [5, 5.41) is 4.87. The largest absolute Gasteiger partial charge is 0.378 e. The molecule has 1 amide bonds. The van der Waals surface area contributed by atoms with Crippen LogP contribution in [0.5, 0.6) is 0 Å². The Morgan fingerprint density at radius 2 is 1.95 bits per heavy atom. The summed E-state index contributed by atoms with van der Waals surface area (Å²) in [5.74, 6) is 0.0138. The summed E-state index contributed by atoms with van der Waals surface area (Å²) in [7, 11) is 0. The second-order valence-corrected chi connectivity index (χ2v) is 6.20. The SMILES string of the molecule is O=C(NCCc1ccc(N2CCOCC2)cc1)c1cccs1. The number of carbonyl (C=O) groups is 1. The highest BCUT2D eigenvalue weighted by molar-refractivity contribution is 7.12. The first-order valence-corrected chi connectivity index (χ1v) is 8.44. The highest BCUT2D eigenvalue weighted by Crippen LogP contribution is 2.16. The van der Waals surface area contributed by atoms with Gasteiger partial charge in [-0.1, -0.05) is 18.2 Å². The first-order valence-electron chi connectivity index (χ1n) is 7.56. The summed E-state index contributed by atoms with van der Waals surface area (Å²) in [6, 6.07) is 12.3. The molecule has 0 atom stereocenters. The van der Waals surface area contributed by atoms with Gasteiger partial charge >= 0.3 is 0 Å². The van der Waals surface area contributed by atoms with E-state index < -0.39 is 0 Å². The van der Waals surface area contributed by atoms with E-state index in [9.17, 15) is 4.79 Å². The van der Waals surface area contributed by atoms with Gasteiger partial charge in [0.05, 0.1) is 18.1 Å². The number of nitrogens with one attached hydrogen (secondary N) is 1. The van der Waals surface area contributed by atoms with Crippen LogP contribution in [0.2, 0.25) is 0 Å². The molecule has 1 aromatic heterocycles. The number of amides is 1. The maximum atomic E-state index is 11.8. The molecule has 0 saturated carbocycles. The van der Waals surface area contributed by atoms with Gasteiger partial charge in [0.15, 0.2) is 0 Å². The van der Waals surface area contributed by atoms with Crippen molar-refractivity contribution in [1.29, 1.82) is 0 Å². The average molecular weight is 316 g/mol. The molecule has 22 heavy (non-hydrogen) atoms. The molecule has 1 N–H and O–H groups in total. The van der Waals surface area contributed by atoms with Crippen LogP contribution in [0.3, 0.4) is 0 Å². The van der Waals surface area contributed by atoms with Crippen molar-refractivity contribution in [1.82, 2.24) is 5.32 Å². The molecule has 0 unspecified atom stereocenters. The molecule has 2 aromatic rings. The Kier molecular flexibility index (Phi) is 5.08. The van der Waals surface area contributed by atoms with E-state index in [-0.39, 0.29) is 5.91 Å². The molecular weight excluding hydrogens is 296 g/mol. The van der Waals surface area contributed by atoms with Crippen LogP contribution in [0.25, 0.3) is 0 Å². The van der Waals surface area contributed by atoms with Crippen LogP contribution in [0, 0.1) is 0 Å². The number of morpholine rings is 1. The van der Waals surface area contributed by atoms with Crippen molar-refractivity contribution in [2.75, 3.05) is 37.7 Å². The summed E-state index contributed by atoms with van der Waals surface area (Å²) < 4.78 is 5.37. The minimum absolute atomic E-state index is 0.0138. The summed E-state index contributed by atoms with van der Waals surface area (Å²) >= 11 is 1.47. The summed E-state index contributed by atoms with van der Waals surface area (Å²) in [6.07, 6.45) is 0.848. The van der Waals surface area contributed by atoms with Crippen molar-refractivity contribution in [3.63, 3.8) is 0 Å². The fourth-order valence-electron chi connectivity index (χ4n) is 2.51. The molecule has 0 radical (unpaired) electrons. The normalized spacial score (nSPS) is 14.8. The summed E-state index contributed by atoms with van der Waals surface area (Å²) in [6.45, 7) is 4.17. The van der Waals surface area contributed by atoms with Gasteiger partial charge in [0, 0.05) is 25.3 Å². The van der Waals surface area contributed by atoms with Gasteiger partial charge in [-0.05, 0) is 35.6 Å². The number of ether oxygens (including phenoxy) is 1. The number of anilines is 1. The molecule has 1 aromatic carbocycles. The van der Waals surface area contributed by atoms with Crippen LogP contribution in [0.1, 0.15) is 15.2 Å². The highest BCUT2D eigenvalue weighted by atomic mass is 32.1. The zero-order valence-corrected chi connectivity index (χ0v) is 13.3. The van der Waals surface area contributed by atoms with Crippen LogP contribution >= 0.6 is 11.3 Å². The molecule has 1 aliphatic heterocycles. The third-order valence-electron chi connectivity index (χ3n) is 3.76. The Hall–Kier alpha value is -1.85. The van der Waals surface area contributed by atoms with Crippen molar-refractivity contribution in [2.24, 2.45) is 0 Å². The second-order valence-electron chi connectivity index (χ2n) is 5.25. The van der Waals surface area contributed by atoms with Crippen molar-refractivity contribution in [3.8, 4) is 0 Å². The number of nitrogens with zero attached hydrogens (tertiary/aromatic N) is 1. The molecule has 1 fully saturated rings. The summed E-state index contributed by atoms with van der Waals surface area (Å²) in [4.78, 5) is 14.9. The first kappa shape index (κ1) is 15.1. The van der Waals surface area contributed by atoms with Crippen LogP contribution < -0.4 is 10.2 Å². The van der Waals surface area contributed by atoms with E-state index in [1.807, 2.05) is 17.5 Å². The van der Waals surface area contributed by atoms with Gasteiger partial charge < -0.3 is 15.0 Å². The number of carbonyl (C=O) groups excluding carboxylic acids is 1. The smallest absolute Gasteiger partial charge is 0.261 e. The molecular formula is C17H20N2O2S. The van der Waals surface area contributed by atoms with E-state index in [0.29, 0.717) is 6.54 Å². The van der Waals surface area contributed by atoms with Crippen LogP contribution in [0.15, 0.2) is 41.8 Å². The van der Waals surface area contributed by atoms with Gasteiger partial charge in [0.2, 0.25) is 0 Å². The van der Waals surface area contributed by atoms with Gasteiger partial charge in [-0.2, -0.15) is 0 Å². The predicted octanol–water partition coefficient (Wildman–Crippen LogP) is 2.56. The zero-order chi connectivity index (χ0) is 15.2. The van der Waals surface area contributed by atoms with Crippen molar-refractivity contribution in [2.45, 2.75) is 6.42 Å². The van der Waals surface area contributed by atoms with E-state index in [1.54, 1.807) is 0 Å². The fourth-order valence-corrected chi connectivity index (χ4v) is 3.15. The monoisotopic (exact) mass is 316 g/mol. The second kappa shape index (κ2) is 7.42. The molecule has 3 rings (SSSR count). The van der Waals surface area contributed by atoms with Crippen LogP contribution in [0.4, 0.5) is 5.69 Å². The Bertz CT molecular complexity index is 590. The summed E-state index contributed by atoms with van der Waals surface area (Å²) in [5.41, 5.74) is 2.48. The van der Waals surface area contributed by atoms with Gasteiger partial charge in [-0.3, -0.25) is 4.79 Å². The van der Waals surface area contributed by atoms with Crippen molar-refractivity contribution in [3.05, 3.63) is 52.2 Å². The van der Waals surface area contributed by atoms with Gasteiger partial charge in [-0.25, -0.2) is 0 Å². The minimum Gasteiger partial charge on any atom is -0.378 e. The fraction of sp³-hybridized carbons (Fsp3) is 0.353. The maximum Gasteiger partial charge on any atom is 0.261 e. The first-order chi connectivity index (χ1) is 10.8. The van der Waals surface area contributed by atoms with E-state index in [2.05, 4.69) is 34.5 Å². The zero-order valence-electron chi connectivity index (χ0n) is 12.5. The Balaban J connectivity index is 1.47. The van der Waals surface area contributed by atoms with Crippen molar-refractivity contribution >= 4 is 22.9 Å². The Morgan fingerprint density at radius 3 is 2.64 bits per heavy atom. The lowest BCUT2D eigenvalue weighted by molar-refractivity contribution is 0.0958. The Labute approximate surface area is 134 Å². The number of benzene rings is 1. The maximum absolute atomic E-state index is 11.8. The molecule has 2 heterocycles. The number of thiophene rings is 1. The van der Waals surface area contributed by atoms with Gasteiger partial charge in [0.25, 0.3) is 5.91 Å². The quantitative estimate of drug-likeness (QED) is 0.922. The molecule has 0 bridgehead atoms. The molecule has 116 valence electrons. The number of hydrogen-bond donors (Lipinski definition) is 1. The third kappa shape index (κ3) is 3.87. The number of rotatable bonds is 5. The Morgan fingerprint density at radius 1 is 1.18 bits per heavy atom. The van der Waals surface area contributed by atoms with E-state index in [4.69, 9.17) is 4.74 Å². The van der Waals surface area contributed by atoms with Crippen LogP contribution in [-0.4, -0.2) is 38.8 Å². The molecule has 1 aliphatic rings. The van der Waals surface area contributed by atoms with Crippen molar-refractivity contribution < 1.29 is 9.53 Å². The van der Waals surface area contributed by atoms with E-state index >= 15 is 0 Å². The molecule has 0 spiro atoms. The van der Waals surface area contributed by atoms with E-state index in [1.165, 1.54) is 22.6 Å². The lowest BCUT2D eigenvalue weighted by atomic mass is 10.1. The highest BCUT2D eigenvalue weighted by Gasteiger charge is 2.10. The topological polar surface area (TPSA) is 41.6 Å². The third-order valence-corrected chi connectivity index (χ3v) is 4.63. The lowest BCUT2D eigenvalue weighted by Crippen LogP contribution is -2.36. The minimum atomic E-state index is 0.0138. The van der Waals surface area contributed by atoms with Gasteiger partial charge in [0.1, 0.15) is 0 Å².